The van der Waals surface area contributed by atoms with Crippen LogP contribution >= 0.6 is 15.9 Å². The molecule has 1 fully saturated rings. The van der Waals surface area contributed by atoms with Gasteiger partial charge in [-0.2, -0.15) is 4.80 Å². The van der Waals surface area contributed by atoms with E-state index in [0.717, 1.165) is 30.8 Å². The predicted molar refractivity (Wildman–Crippen MR) is 60.6 cm³/mol. The van der Waals surface area contributed by atoms with Crippen molar-refractivity contribution in [1.29, 1.82) is 0 Å². The van der Waals surface area contributed by atoms with Gasteiger partial charge in [-0.15, -0.1) is 10.2 Å². The van der Waals surface area contributed by atoms with Gasteiger partial charge in [0.25, 0.3) is 0 Å². The van der Waals surface area contributed by atoms with Gasteiger partial charge in [0.15, 0.2) is 5.82 Å². The average Bonchev–Trinajstić information content (AvgIpc) is 2.76. The van der Waals surface area contributed by atoms with Crippen molar-refractivity contribution in [3.8, 4) is 0 Å². The summed E-state index contributed by atoms with van der Waals surface area (Å²) in [6, 6.07) is 0. The van der Waals surface area contributed by atoms with E-state index >= 15 is 0 Å². The van der Waals surface area contributed by atoms with Crippen LogP contribution in [-0.2, 0) is 13.6 Å². The fourth-order valence-electron chi connectivity index (χ4n) is 1.96. The van der Waals surface area contributed by atoms with Crippen LogP contribution in [0, 0.1) is 5.41 Å². The van der Waals surface area contributed by atoms with Crippen molar-refractivity contribution in [3.63, 3.8) is 0 Å². The van der Waals surface area contributed by atoms with Gasteiger partial charge in [-0.3, -0.25) is 4.90 Å². The SMILES string of the molecule is Cn1nnc(CN2CCC(C)(CBr)C2)n1. The van der Waals surface area contributed by atoms with Crippen LogP contribution in [-0.4, -0.2) is 43.5 Å². The van der Waals surface area contributed by atoms with Crippen molar-refractivity contribution in [2.45, 2.75) is 19.9 Å². The molecule has 0 spiro atoms. The Morgan fingerprint density at radius 3 is 2.87 bits per heavy atom. The van der Waals surface area contributed by atoms with Gasteiger partial charge in [0.05, 0.1) is 13.6 Å². The Kier molecular flexibility index (Phi) is 3.06. The number of nitrogens with zero attached hydrogens (tertiary/aromatic N) is 5. The molecule has 1 aromatic rings. The highest BCUT2D eigenvalue weighted by Gasteiger charge is 2.32. The summed E-state index contributed by atoms with van der Waals surface area (Å²) in [4.78, 5) is 3.90. The third-order valence-corrected chi connectivity index (χ3v) is 4.23. The standard InChI is InChI=1S/C9H16BrN5/c1-9(6-10)3-4-15(7-9)5-8-11-13-14(2)12-8/h3-7H2,1-2H3. The molecule has 1 unspecified atom stereocenters. The van der Waals surface area contributed by atoms with Crippen LogP contribution in [0.15, 0.2) is 0 Å². The fraction of sp³-hybridized carbons (Fsp3) is 0.889. The van der Waals surface area contributed by atoms with Crippen molar-refractivity contribution in [2.75, 3.05) is 18.4 Å². The van der Waals surface area contributed by atoms with Gasteiger partial charge in [-0.25, -0.2) is 0 Å². The van der Waals surface area contributed by atoms with Crippen LogP contribution in [0.2, 0.25) is 0 Å². The van der Waals surface area contributed by atoms with E-state index in [9.17, 15) is 0 Å². The van der Waals surface area contributed by atoms with Gasteiger partial charge < -0.3 is 0 Å². The normalized spacial score (nSPS) is 27.4. The van der Waals surface area contributed by atoms with E-state index in [1.807, 2.05) is 0 Å². The quantitative estimate of drug-likeness (QED) is 0.765. The molecular weight excluding hydrogens is 258 g/mol. The maximum absolute atomic E-state index is 4.19. The van der Waals surface area contributed by atoms with Crippen molar-refractivity contribution >= 4 is 15.9 Å². The van der Waals surface area contributed by atoms with E-state index < -0.39 is 0 Å². The molecule has 0 saturated carbocycles. The minimum Gasteiger partial charge on any atom is -0.295 e. The first-order valence-electron chi connectivity index (χ1n) is 5.12. The lowest BCUT2D eigenvalue weighted by Crippen LogP contribution is -2.26. The summed E-state index contributed by atoms with van der Waals surface area (Å²) in [6.07, 6.45) is 1.23. The average molecular weight is 274 g/mol. The number of hydrogen-bond acceptors (Lipinski definition) is 4. The molecule has 0 radical (unpaired) electrons. The zero-order valence-electron chi connectivity index (χ0n) is 9.15. The van der Waals surface area contributed by atoms with Gasteiger partial charge in [0, 0.05) is 11.9 Å². The molecule has 0 aliphatic carbocycles. The van der Waals surface area contributed by atoms with Gasteiger partial charge in [0.1, 0.15) is 0 Å². The molecule has 0 bridgehead atoms. The molecule has 0 amide bonds. The van der Waals surface area contributed by atoms with Gasteiger partial charge in [0.2, 0.25) is 0 Å². The first-order chi connectivity index (χ1) is 7.11. The number of tetrazole rings is 1. The molecule has 2 rings (SSSR count). The molecule has 15 heavy (non-hydrogen) atoms. The number of alkyl halides is 1. The maximum atomic E-state index is 4.19. The minimum atomic E-state index is 0.405. The highest BCUT2D eigenvalue weighted by Crippen LogP contribution is 2.31. The minimum absolute atomic E-state index is 0.405. The van der Waals surface area contributed by atoms with Crippen LogP contribution in [0.5, 0.6) is 0 Å². The lowest BCUT2D eigenvalue weighted by molar-refractivity contribution is 0.282. The highest BCUT2D eigenvalue weighted by molar-refractivity contribution is 9.09. The lowest BCUT2D eigenvalue weighted by atomic mass is 9.93. The first-order valence-corrected chi connectivity index (χ1v) is 6.25. The molecule has 5 nitrogen and oxygen atoms in total. The molecule has 84 valence electrons. The van der Waals surface area contributed by atoms with Crippen LogP contribution in [0.1, 0.15) is 19.2 Å². The van der Waals surface area contributed by atoms with E-state index in [1.165, 1.54) is 11.2 Å². The molecule has 0 aromatic carbocycles. The second-order valence-electron chi connectivity index (χ2n) is 4.60. The summed E-state index contributed by atoms with van der Waals surface area (Å²) in [6.45, 7) is 5.36. The zero-order chi connectivity index (χ0) is 10.9. The number of aromatic nitrogens is 4. The third-order valence-electron chi connectivity index (χ3n) is 2.87. The number of rotatable bonds is 3. The maximum Gasteiger partial charge on any atom is 0.188 e. The van der Waals surface area contributed by atoms with E-state index in [2.05, 4.69) is 43.2 Å². The third kappa shape index (κ3) is 2.55. The van der Waals surface area contributed by atoms with E-state index in [0.29, 0.717) is 5.41 Å². The van der Waals surface area contributed by atoms with Gasteiger partial charge in [-0.05, 0) is 23.6 Å². The molecule has 1 aromatic heterocycles. The van der Waals surface area contributed by atoms with Crippen LogP contribution in [0.25, 0.3) is 0 Å². The lowest BCUT2D eigenvalue weighted by Gasteiger charge is -2.20. The molecule has 1 aliphatic rings. The van der Waals surface area contributed by atoms with Crippen LogP contribution in [0.4, 0.5) is 0 Å². The number of likely N-dealkylation sites (tertiary alicyclic amines) is 1. The van der Waals surface area contributed by atoms with Crippen molar-refractivity contribution in [1.82, 2.24) is 25.1 Å². The summed E-state index contributed by atoms with van der Waals surface area (Å²) in [7, 11) is 1.79. The Morgan fingerprint density at radius 1 is 1.53 bits per heavy atom. The first kappa shape index (κ1) is 11.0. The molecule has 1 atom stereocenters. The molecule has 6 heteroatoms. The van der Waals surface area contributed by atoms with Gasteiger partial charge >= 0.3 is 0 Å². The van der Waals surface area contributed by atoms with E-state index in [1.54, 1.807) is 7.05 Å². The predicted octanol–water partition coefficient (Wildman–Crippen LogP) is 0.817. The highest BCUT2D eigenvalue weighted by atomic mass is 79.9. The van der Waals surface area contributed by atoms with Gasteiger partial charge in [-0.1, -0.05) is 22.9 Å². The monoisotopic (exact) mass is 273 g/mol. The fourth-order valence-corrected chi connectivity index (χ4v) is 2.41. The summed E-state index contributed by atoms with van der Waals surface area (Å²) >= 11 is 3.57. The molecule has 1 saturated heterocycles. The Bertz CT molecular complexity index is 339. The molecule has 2 heterocycles. The van der Waals surface area contributed by atoms with E-state index in [-0.39, 0.29) is 0 Å². The molecule has 0 N–H and O–H groups in total. The van der Waals surface area contributed by atoms with Crippen molar-refractivity contribution < 1.29 is 0 Å². The summed E-state index contributed by atoms with van der Waals surface area (Å²) in [5, 5.41) is 13.1. The second kappa shape index (κ2) is 4.17. The summed E-state index contributed by atoms with van der Waals surface area (Å²) < 4.78 is 0. The van der Waals surface area contributed by atoms with Crippen molar-refractivity contribution in [3.05, 3.63) is 5.82 Å². The largest absolute Gasteiger partial charge is 0.295 e. The second-order valence-corrected chi connectivity index (χ2v) is 5.16. The van der Waals surface area contributed by atoms with Crippen LogP contribution in [0.3, 0.4) is 0 Å². The topological polar surface area (TPSA) is 46.8 Å². The van der Waals surface area contributed by atoms with Crippen molar-refractivity contribution in [2.24, 2.45) is 12.5 Å². The Labute approximate surface area is 98.0 Å². The Morgan fingerprint density at radius 2 is 2.33 bits per heavy atom. The smallest absolute Gasteiger partial charge is 0.188 e. The summed E-state index contributed by atoms with van der Waals surface area (Å²) in [5.74, 6) is 0.816. The Hall–Kier alpha value is -0.490. The number of hydrogen-bond donors (Lipinski definition) is 0. The zero-order valence-corrected chi connectivity index (χ0v) is 10.7. The van der Waals surface area contributed by atoms with E-state index in [4.69, 9.17) is 0 Å². The molecular formula is C9H16BrN5. The number of halogens is 1. The molecule has 1 aliphatic heterocycles. The van der Waals surface area contributed by atoms with Crippen LogP contribution < -0.4 is 0 Å². The Balaban J connectivity index is 1.92. The summed E-state index contributed by atoms with van der Waals surface area (Å²) in [5.41, 5.74) is 0.405. The number of aryl methyl sites for hydroxylation is 1.